The predicted molar refractivity (Wildman–Crippen MR) is 68.7 cm³/mol. The molecule has 0 bridgehead atoms. The Morgan fingerprint density at radius 3 is 2.69 bits per heavy atom. The topological polar surface area (TPSA) is 23.8 Å². The summed E-state index contributed by atoms with van der Waals surface area (Å²) in [4.78, 5) is 0. The van der Waals surface area contributed by atoms with Gasteiger partial charge in [-0.3, -0.25) is 0 Å². The number of hydrogen-bond acceptors (Lipinski definition) is 1. The van der Waals surface area contributed by atoms with Crippen molar-refractivity contribution in [3.63, 3.8) is 0 Å². The van der Waals surface area contributed by atoms with Gasteiger partial charge in [0.1, 0.15) is 0 Å². The second-order valence-corrected chi connectivity index (χ2v) is 3.65. The van der Waals surface area contributed by atoms with Crippen molar-refractivity contribution in [2.24, 2.45) is 0 Å². The molecule has 0 amide bonds. The standard InChI is InChI=1S/C15H17N/c1-2-3-9-14(12-7-8-13-16)15-10-5-4-6-11-15/h4-8,10-12H,2-3,9H2,1H3. The highest BCUT2D eigenvalue weighted by molar-refractivity contribution is 5.66. The van der Waals surface area contributed by atoms with Gasteiger partial charge < -0.3 is 0 Å². The van der Waals surface area contributed by atoms with Crippen molar-refractivity contribution in [3.8, 4) is 6.07 Å². The third-order valence-corrected chi connectivity index (χ3v) is 2.41. The summed E-state index contributed by atoms with van der Waals surface area (Å²) in [6.45, 7) is 2.19. The summed E-state index contributed by atoms with van der Waals surface area (Å²) >= 11 is 0. The fraction of sp³-hybridized carbons (Fsp3) is 0.267. The van der Waals surface area contributed by atoms with Crippen LogP contribution < -0.4 is 0 Å². The van der Waals surface area contributed by atoms with Crippen LogP contribution in [0.3, 0.4) is 0 Å². The van der Waals surface area contributed by atoms with E-state index in [-0.39, 0.29) is 0 Å². The zero-order valence-corrected chi connectivity index (χ0v) is 9.69. The van der Waals surface area contributed by atoms with Crippen molar-refractivity contribution in [1.29, 1.82) is 5.26 Å². The molecule has 0 saturated carbocycles. The van der Waals surface area contributed by atoms with E-state index >= 15 is 0 Å². The number of unbranched alkanes of at least 4 members (excludes halogenated alkanes) is 1. The first-order chi connectivity index (χ1) is 7.88. The van der Waals surface area contributed by atoms with Crippen LogP contribution in [0.5, 0.6) is 0 Å². The summed E-state index contributed by atoms with van der Waals surface area (Å²) < 4.78 is 0. The molecule has 82 valence electrons. The maximum atomic E-state index is 8.46. The lowest BCUT2D eigenvalue weighted by atomic mass is 10.00. The van der Waals surface area contributed by atoms with Crippen LogP contribution in [0, 0.1) is 11.3 Å². The van der Waals surface area contributed by atoms with Crippen LogP contribution in [0.15, 0.2) is 48.6 Å². The highest BCUT2D eigenvalue weighted by Crippen LogP contribution is 2.20. The molecular weight excluding hydrogens is 194 g/mol. The molecule has 0 aromatic heterocycles. The highest BCUT2D eigenvalue weighted by atomic mass is 14.2. The average molecular weight is 211 g/mol. The summed E-state index contributed by atoms with van der Waals surface area (Å²) in [6.07, 6.45) is 8.80. The Labute approximate surface area is 97.7 Å². The fourth-order valence-electron chi connectivity index (χ4n) is 1.55. The molecule has 0 radical (unpaired) electrons. The summed E-state index contributed by atoms with van der Waals surface area (Å²) in [5.74, 6) is 0. The normalized spacial score (nSPS) is 11.6. The monoisotopic (exact) mass is 211 g/mol. The van der Waals surface area contributed by atoms with Crippen molar-refractivity contribution in [2.75, 3.05) is 0 Å². The van der Waals surface area contributed by atoms with Gasteiger partial charge in [-0.15, -0.1) is 0 Å². The molecule has 0 aliphatic rings. The van der Waals surface area contributed by atoms with Crippen LogP contribution in [-0.4, -0.2) is 0 Å². The summed E-state index contributed by atoms with van der Waals surface area (Å²) in [5, 5.41) is 8.46. The molecule has 0 heterocycles. The van der Waals surface area contributed by atoms with Crippen molar-refractivity contribution in [2.45, 2.75) is 26.2 Å². The minimum atomic E-state index is 1.07. The second-order valence-electron chi connectivity index (χ2n) is 3.65. The van der Waals surface area contributed by atoms with Crippen LogP contribution >= 0.6 is 0 Å². The molecule has 0 aliphatic carbocycles. The number of benzene rings is 1. The third-order valence-electron chi connectivity index (χ3n) is 2.41. The van der Waals surface area contributed by atoms with Crippen molar-refractivity contribution in [1.82, 2.24) is 0 Å². The fourth-order valence-corrected chi connectivity index (χ4v) is 1.55. The first kappa shape index (κ1) is 12.3. The molecule has 16 heavy (non-hydrogen) atoms. The van der Waals surface area contributed by atoms with Gasteiger partial charge in [0.25, 0.3) is 0 Å². The minimum absolute atomic E-state index is 1.07. The number of nitriles is 1. The van der Waals surface area contributed by atoms with Gasteiger partial charge in [0.2, 0.25) is 0 Å². The molecule has 1 aromatic rings. The Morgan fingerprint density at radius 2 is 2.06 bits per heavy atom. The van der Waals surface area contributed by atoms with Crippen molar-refractivity contribution in [3.05, 3.63) is 54.1 Å². The zero-order chi connectivity index (χ0) is 11.6. The quantitative estimate of drug-likeness (QED) is 0.525. The molecule has 0 atom stereocenters. The molecule has 1 aromatic carbocycles. The molecule has 1 nitrogen and oxygen atoms in total. The van der Waals surface area contributed by atoms with E-state index in [4.69, 9.17) is 5.26 Å². The number of hydrogen-bond donors (Lipinski definition) is 0. The summed E-state index contributed by atoms with van der Waals surface area (Å²) in [5.41, 5.74) is 2.55. The smallest absolute Gasteiger partial charge is 0.0912 e. The lowest BCUT2D eigenvalue weighted by molar-refractivity contribution is 0.824. The van der Waals surface area contributed by atoms with E-state index in [1.165, 1.54) is 30.1 Å². The summed E-state index contributed by atoms with van der Waals surface area (Å²) in [7, 11) is 0. The molecule has 0 N–H and O–H groups in total. The molecule has 0 fully saturated rings. The van der Waals surface area contributed by atoms with Gasteiger partial charge in [-0.2, -0.15) is 5.26 Å². The molecular formula is C15H17N. The maximum absolute atomic E-state index is 8.46. The van der Waals surface area contributed by atoms with Gasteiger partial charge in [0.05, 0.1) is 6.07 Å². The van der Waals surface area contributed by atoms with E-state index in [1.54, 1.807) is 0 Å². The van der Waals surface area contributed by atoms with E-state index in [1.807, 2.05) is 36.4 Å². The number of allylic oxidation sites excluding steroid dienone is 4. The highest BCUT2D eigenvalue weighted by Gasteiger charge is 1.98. The molecule has 0 saturated heterocycles. The molecule has 1 heteroatoms. The Balaban J connectivity index is 2.84. The largest absolute Gasteiger partial charge is 0.193 e. The van der Waals surface area contributed by atoms with E-state index < -0.39 is 0 Å². The average Bonchev–Trinajstić information content (AvgIpc) is 2.35. The van der Waals surface area contributed by atoms with Crippen molar-refractivity contribution >= 4 is 5.57 Å². The Bertz CT molecular complexity index is 393. The van der Waals surface area contributed by atoms with E-state index in [0.29, 0.717) is 0 Å². The first-order valence-corrected chi connectivity index (χ1v) is 5.69. The van der Waals surface area contributed by atoms with Crippen LogP contribution in [0.4, 0.5) is 0 Å². The Hall–Kier alpha value is -1.81. The molecule has 0 spiro atoms. The Kier molecular flexibility index (Phi) is 5.73. The van der Waals surface area contributed by atoms with Crippen LogP contribution in [-0.2, 0) is 0 Å². The lowest BCUT2D eigenvalue weighted by Gasteiger charge is -2.05. The lowest BCUT2D eigenvalue weighted by Crippen LogP contribution is -1.84. The van der Waals surface area contributed by atoms with Gasteiger partial charge in [-0.1, -0.05) is 55.8 Å². The van der Waals surface area contributed by atoms with Crippen LogP contribution in [0.25, 0.3) is 5.57 Å². The third kappa shape index (κ3) is 4.14. The van der Waals surface area contributed by atoms with Crippen LogP contribution in [0.2, 0.25) is 0 Å². The minimum Gasteiger partial charge on any atom is -0.193 e. The number of nitrogens with zero attached hydrogens (tertiary/aromatic N) is 1. The van der Waals surface area contributed by atoms with Gasteiger partial charge in [0.15, 0.2) is 0 Å². The van der Waals surface area contributed by atoms with Gasteiger partial charge >= 0.3 is 0 Å². The van der Waals surface area contributed by atoms with E-state index in [0.717, 1.165) is 6.42 Å². The Morgan fingerprint density at radius 1 is 1.31 bits per heavy atom. The van der Waals surface area contributed by atoms with Gasteiger partial charge in [-0.25, -0.2) is 0 Å². The maximum Gasteiger partial charge on any atom is 0.0912 e. The molecule has 0 aliphatic heterocycles. The number of rotatable bonds is 5. The molecule has 0 unspecified atom stereocenters. The molecule has 1 rings (SSSR count). The van der Waals surface area contributed by atoms with Gasteiger partial charge in [0, 0.05) is 6.08 Å². The second kappa shape index (κ2) is 7.48. The van der Waals surface area contributed by atoms with Gasteiger partial charge in [-0.05, 0) is 24.0 Å². The zero-order valence-electron chi connectivity index (χ0n) is 9.69. The van der Waals surface area contributed by atoms with E-state index in [9.17, 15) is 0 Å². The first-order valence-electron chi connectivity index (χ1n) is 5.69. The SMILES string of the molecule is CCCCC(=CC=CC#N)c1ccccc1. The predicted octanol–water partition coefficient (Wildman–Crippen LogP) is 4.34. The van der Waals surface area contributed by atoms with E-state index in [2.05, 4.69) is 19.1 Å². The summed E-state index contributed by atoms with van der Waals surface area (Å²) in [6, 6.07) is 12.3. The van der Waals surface area contributed by atoms with Crippen molar-refractivity contribution < 1.29 is 0 Å². The van der Waals surface area contributed by atoms with Crippen LogP contribution in [0.1, 0.15) is 31.7 Å².